The lowest BCUT2D eigenvalue weighted by Gasteiger charge is -2.54. The maximum atomic E-state index is 2.73. The summed E-state index contributed by atoms with van der Waals surface area (Å²) in [5.41, 5.74) is 0.428. The van der Waals surface area contributed by atoms with E-state index in [1.807, 2.05) is 0 Å². The van der Waals surface area contributed by atoms with Crippen LogP contribution in [0.4, 0.5) is 0 Å². The lowest BCUT2D eigenvalue weighted by molar-refractivity contribution is -0.0315. The molecule has 1 atom stereocenters. The Kier molecular flexibility index (Phi) is 5.26. The van der Waals surface area contributed by atoms with Gasteiger partial charge in [0, 0.05) is 11.6 Å². The monoisotopic (exact) mass is 226 g/mol. The van der Waals surface area contributed by atoms with E-state index in [0.717, 1.165) is 6.04 Å². The maximum absolute atomic E-state index is 2.73. The minimum absolute atomic E-state index is 0.428. The molecule has 0 amide bonds. The first-order valence-corrected chi connectivity index (χ1v) is 7.11. The Morgan fingerprint density at radius 3 is 2.25 bits per heavy atom. The molecule has 0 saturated carbocycles. The van der Waals surface area contributed by atoms with Gasteiger partial charge < -0.3 is 4.90 Å². The summed E-state index contributed by atoms with van der Waals surface area (Å²) < 4.78 is 0. The zero-order chi connectivity index (χ0) is 12.2. The topological polar surface area (TPSA) is 6.48 Å². The predicted molar refractivity (Wildman–Crippen MR) is 71.9 cm³/mol. The first-order valence-electron chi connectivity index (χ1n) is 7.11. The van der Waals surface area contributed by atoms with Crippen molar-refractivity contribution in [1.29, 1.82) is 0 Å². The van der Waals surface area contributed by atoms with Crippen LogP contribution in [0.25, 0.3) is 0 Å². The average Bonchev–Trinajstić information content (AvgIpc) is 2.36. The number of piperidine rings is 1. The number of hydrogen-bond donors (Lipinski definition) is 0. The average molecular weight is 226 g/mol. The van der Waals surface area contributed by atoms with Crippen molar-refractivity contribution in [3.63, 3.8) is 0 Å². The van der Waals surface area contributed by atoms with Crippen molar-refractivity contribution < 1.29 is 0 Å². The van der Waals surface area contributed by atoms with Crippen LogP contribution in [0.5, 0.6) is 0 Å². The van der Waals surface area contributed by atoms with Crippen LogP contribution in [0, 0.1) is 0 Å². The summed E-state index contributed by atoms with van der Waals surface area (Å²) in [6.45, 7) is 13.0. The van der Waals surface area contributed by atoms with Crippen molar-refractivity contribution in [3.8, 4) is 0 Å². The van der Waals surface area contributed by atoms with E-state index >= 15 is 0 Å². The van der Waals surface area contributed by atoms with E-state index < -0.39 is 0 Å². The molecular formula is C14H30N2. The summed E-state index contributed by atoms with van der Waals surface area (Å²) >= 11 is 0. The van der Waals surface area contributed by atoms with Crippen LogP contribution < -0.4 is 0 Å². The van der Waals surface area contributed by atoms with Gasteiger partial charge in [0.1, 0.15) is 0 Å². The Labute approximate surface area is 102 Å². The van der Waals surface area contributed by atoms with E-state index in [1.165, 1.54) is 45.3 Å². The third kappa shape index (κ3) is 2.28. The summed E-state index contributed by atoms with van der Waals surface area (Å²) in [7, 11) is 2.30. The van der Waals surface area contributed by atoms with Crippen LogP contribution in [0.15, 0.2) is 0 Å². The first kappa shape index (κ1) is 14.0. The Hall–Kier alpha value is -0.0800. The van der Waals surface area contributed by atoms with E-state index in [2.05, 4.69) is 44.5 Å². The molecule has 1 unspecified atom stereocenters. The molecule has 2 nitrogen and oxygen atoms in total. The van der Waals surface area contributed by atoms with E-state index in [-0.39, 0.29) is 0 Å². The number of nitrogens with zero attached hydrogens (tertiary/aromatic N) is 2. The van der Waals surface area contributed by atoms with Gasteiger partial charge >= 0.3 is 0 Å². The van der Waals surface area contributed by atoms with Crippen LogP contribution in [-0.2, 0) is 0 Å². The van der Waals surface area contributed by atoms with Crippen LogP contribution in [0.3, 0.4) is 0 Å². The summed E-state index contributed by atoms with van der Waals surface area (Å²) in [4.78, 5) is 5.29. The molecule has 16 heavy (non-hydrogen) atoms. The Bertz CT molecular complexity index is 199. The van der Waals surface area contributed by atoms with Crippen LogP contribution in [0.1, 0.15) is 53.4 Å². The third-order valence-corrected chi connectivity index (χ3v) is 4.79. The highest BCUT2D eigenvalue weighted by Gasteiger charge is 2.44. The minimum atomic E-state index is 0.428. The standard InChI is InChI=1S/C14H30N2/c1-6-14(7-2)13(15(5)8-3)11-10-12-16(14)9-4/h13H,6-12H2,1-5H3. The van der Waals surface area contributed by atoms with Gasteiger partial charge in [0.2, 0.25) is 0 Å². The third-order valence-electron chi connectivity index (χ3n) is 4.79. The highest BCUT2D eigenvalue weighted by atomic mass is 15.3. The minimum Gasteiger partial charge on any atom is -0.302 e. The summed E-state index contributed by atoms with van der Waals surface area (Å²) in [6.07, 6.45) is 5.31. The number of rotatable bonds is 5. The normalized spacial score (nSPS) is 26.2. The summed E-state index contributed by atoms with van der Waals surface area (Å²) in [5, 5.41) is 0. The Morgan fingerprint density at radius 1 is 1.19 bits per heavy atom. The first-order chi connectivity index (χ1) is 7.66. The molecule has 0 N–H and O–H groups in total. The fourth-order valence-corrected chi connectivity index (χ4v) is 3.67. The van der Waals surface area contributed by atoms with E-state index in [1.54, 1.807) is 0 Å². The van der Waals surface area contributed by atoms with Gasteiger partial charge in [0.05, 0.1) is 0 Å². The van der Waals surface area contributed by atoms with E-state index in [0.29, 0.717) is 5.54 Å². The zero-order valence-corrected chi connectivity index (χ0v) is 11.9. The molecule has 1 aliphatic rings. The molecule has 0 aliphatic carbocycles. The second kappa shape index (κ2) is 6.02. The molecule has 1 saturated heterocycles. The quantitative estimate of drug-likeness (QED) is 0.711. The van der Waals surface area contributed by atoms with Crippen LogP contribution in [-0.4, -0.2) is 48.1 Å². The molecule has 0 aromatic heterocycles. The van der Waals surface area contributed by atoms with Crippen molar-refractivity contribution >= 4 is 0 Å². The molecule has 1 heterocycles. The molecule has 0 aromatic rings. The zero-order valence-electron chi connectivity index (χ0n) is 11.9. The van der Waals surface area contributed by atoms with Crippen LogP contribution in [0.2, 0.25) is 0 Å². The van der Waals surface area contributed by atoms with Gasteiger partial charge in [-0.2, -0.15) is 0 Å². The molecule has 1 rings (SSSR count). The van der Waals surface area contributed by atoms with Gasteiger partial charge in [-0.05, 0) is 52.4 Å². The molecule has 0 spiro atoms. The van der Waals surface area contributed by atoms with Gasteiger partial charge in [-0.3, -0.25) is 4.90 Å². The highest BCUT2D eigenvalue weighted by Crippen LogP contribution is 2.36. The largest absolute Gasteiger partial charge is 0.302 e. The Balaban J connectivity index is 2.94. The molecule has 96 valence electrons. The molecule has 1 aliphatic heterocycles. The van der Waals surface area contributed by atoms with Crippen molar-refractivity contribution in [2.45, 2.75) is 65.0 Å². The molecule has 1 fully saturated rings. The molecule has 2 heteroatoms. The van der Waals surface area contributed by atoms with Crippen LogP contribution >= 0.6 is 0 Å². The second-order valence-corrected chi connectivity index (χ2v) is 5.12. The molecule has 0 aromatic carbocycles. The van der Waals surface area contributed by atoms with E-state index in [9.17, 15) is 0 Å². The SMILES string of the molecule is CCN(C)C1CCCN(CC)C1(CC)CC. The highest BCUT2D eigenvalue weighted by molar-refractivity contribution is 5.01. The van der Waals surface area contributed by atoms with Gasteiger partial charge in [-0.1, -0.05) is 27.7 Å². The number of hydrogen-bond acceptors (Lipinski definition) is 2. The lowest BCUT2D eigenvalue weighted by atomic mass is 9.76. The Morgan fingerprint density at radius 2 is 1.81 bits per heavy atom. The maximum Gasteiger partial charge on any atom is 0.0359 e. The van der Waals surface area contributed by atoms with Crippen molar-refractivity contribution in [2.24, 2.45) is 0 Å². The fraction of sp³-hybridized carbons (Fsp3) is 1.00. The van der Waals surface area contributed by atoms with Crippen molar-refractivity contribution in [1.82, 2.24) is 9.80 Å². The van der Waals surface area contributed by atoms with E-state index in [4.69, 9.17) is 0 Å². The molecular weight excluding hydrogens is 196 g/mol. The van der Waals surface area contributed by atoms with Crippen molar-refractivity contribution in [3.05, 3.63) is 0 Å². The lowest BCUT2D eigenvalue weighted by Crippen LogP contribution is -2.63. The van der Waals surface area contributed by atoms with Gasteiger partial charge in [0.15, 0.2) is 0 Å². The van der Waals surface area contributed by atoms with Gasteiger partial charge in [-0.15, -0.1) is 0 Å². The second-order valence-electron chi connectivity index (χ2n) is 5.12. The molecule has 0 radical (unpaired) electrons. The number of likely N-dealkylation sites (N-methyl/N-ethyl adjacent to an activating group) is 2. The van der Waals surface area contributed by atoms with Gasteiger partial charge in [-0.25, -0.2) is 0 Å². The van der Waals surface area contributed by atoms with Gasteiger partial charge in [0.25, 0.3) is 0 Å². The molecule has 0 bridgehead atoms. The van der Waals surface area contributed by atoms with Crippen molar-refractivity contribution in [2.75, 3.05) is 26.7 Å². The summed E-state index contributed by atoms with van der Waals surface area (Å²) in [6, 6.07) is 0.751. The fourth-order valence-electron chi connectivity index (χ4n) is 3.67. The number of likely N-dealkylation sites (tertiary alicyclic amines) is 1. The predicted octanol–water partition coefficient (Wildman–Crippen LogP) is 2.98. The summed E-state index contributed by atoms with van der Waals surface area (Å²) in [5.74, 6) is 0. The smallest absolute Gasteiger partial charge is 0.0359 e.